The van der Waals surface area contributed by atoms with E-state index in [1.807, 2.05) is 20.8 Å². The number of aromatic nitrogens is 3. The molecule has 7 heteroatoms. The van der Waals surface area contributed by atoms with E-state index < -0.39 is 0 Å². The molecule has 1 aromatic carbocycles. The largest absolute Gasteiger partial charge is 0.331 e. The Kier molecular flexibility index (Phi) is 4.99. The highest BCUT2D eigenvalue weighted by Crippen LogP contribution is 2.26. The first-order chi connectivity index (χ1) is 12.4. The van der Waals surface area contributed by atoms with Crippen molar-refractivity contribution in [1.29, 1.82) is 0 Å². The molecule has 1 amide bonds. The Bertz CT molecular complexity index is 972. The minimum absolute atomic E-state index is 0.164. The van der Waals surface area contributed by atoms with Crippen LogP contribution in [0.3, 0.4) is 0 Å². The Morgan fingerprint density at radius 3 is 2.69 bits per heavy atom. The van der Waals surface area contributed by atoms with Crippen LogP contribution in [-0.2, 0) is 7.05 Å². The van der Waals surface area contributed by atoms with E-state index in [2.05, 4.69) is 15.3 Å². The van der Waals surface area contributed by atoms with Gasteiger partial charge in [0.25, 0.3) is 5.91 Å². The molecule has 0 spiro atoms. The number of anilines is 1. The van der Waals surface area contributed by atoms with E-state index in [9.17, 15) is 9.59 Å². The predicted octanol–water partition coefficient (Wildman–Crippen LogP) is 3.79. The fourth-order valence-electron chi connectivity index (χ4n) is 2.64. The van der Waals surface area contributed by atoms with Gasteiger partial charge >= 0.3 is 0 Å². The number of rotatable bonds is 5. The maximum Gasteiger partial charge on any atom is 0.267 e. The monoisotopic (exact) mass is 368 g/mol. The van der Waals surface area contributed by atoms with Crippen molar-refractivity contribution in [2.24, 2.45) is 7.05 Å². The Morgan fingerprint density at radius 2 is 2.04 bits per heavy atom. The number of nitrogens with one attached hydrogen (secondary N) is 1. The van der Waals surface area contributed by atoms with Gasteiger partial charge in [-0.25, -0.2) is 9.97 Å². The highest BCUT2D eigenvalue weighted by molar-refractivity contribution is 7.13. The molecule has 2 heterocycles. The molecule has 0 aliphatic carbocycles. The van der Waals surface area contributed by atoms with E-state index in [1.54, 1.807) is 48.3 Å². The van der Waals surface area contributed by atoms with Gasteiger partial charge in [0.1, 0.15) is 4.88 Å². The lowest BCUT2D eigenvalue weighted by molar-refractivity contribution is 0.101. The average Bonchev–Trinajstić information content (AvgIpc) is 3.20. The molecule has 6 nitrogen and oxygen atoms in total. The zero-order chi connectivity index (χ0) is 18.8. The summed E-state index contributed by atoms with van der Waals surface area (Å²) in [4.78, 5) is 34.4. The summed E-state index contributed by atoms with van der Waals surface area (Å²) in [5.41, 5.74) is 1.84. The van der Waals surface area contributed by atoms with Gasteiger partial charge < -0.3 is 9.88 Å². The van der Waals surface area contributed by atoms with Crippen LogP contribution in [0.5, 0.6) is 0 Å². The van der Waals surface area contributed by atoms with E-state index >= 15 is 0 Å². The molecule has 0 saturated carbocycles. The number of nitrogens with zero attached hydrogens (tertiary/aromatic N) is 3. The molecule has 0 radical (unpaired) electrons. The van der Waals surface area contributed by atoms with Gasteiger partial charge in [0, 0.05) is 30.7 Å². The van der Waals surface area contributed by atoms with E-state index in [0.29, 0.717) is 22.0 Å². The van der Waals surface area contributed by atoms with Gasteiger partial charge in [-0.2, -0.15) is 0 Å². The topological polar surface area (TPSA) is 76.9 Å². The molecule has 2 aromatic heterocycles. The SMILES string of the molecule is Cc1nc(C(C)C)c(C(=O)Nc2cccc(C(=O)c3nccn3C)c2)s1. The number of imidazole rings is 1. The third-order valence-electron chi connectivity index (χ3n) is 3.92. The number of hydrogen-bond acceptors (Lipinski definition) is 5. The zero-order valence-corrected chi connectivity index (χ0v) is 15.9. The highest BCUT2D eigenvalue weighted by Gasteiger charge is 2.20. The van der Waals surface area contributed by atoms with Crippen LogP contribution in [0.25, 0.3) is 0 Å². The van der Waals surface area contributed by atoms with Gasteiger partial charge in [-0.1, -0.05) is 26.0 Å². The van der Waals surface area contributed by atoms with E-state index in [4.69, 9.17) is 0 Å². The van der Waals surface area contributed by atoms with Gasteiger partial charge in [-0.3, -0.25) is 9.59 Å². The lowest BCUT2D eigenvalue weighted by Crippen LogP contribution is -2.14. The summed E-state index contributed by atoms with van der Waals surface area (Å²) in [6.07, 6.45) is 3.30. The van der Waals surface area contributed by atoms with Crippen LogP contribution in [0, 0.1) is 6.92 Å². The van der Waals surface area contributed by atoms with Crippen molar-refractivity contribution in [3.63, 3.8) is 0 Å². The van der Waals surface area contributed by atoms with Crippen molar-refractivity contribution >= 4 is 28.7 Å². The van der Waals surface area contributed by atoms with Crippen LogP contribution in [0.4, 0.5) is 5.69 Å². The molecule has 0 unspecified atom stereocenters. The van der Waals surface area contributed by atoms with Crippen molar-refractivity contribution in [2.45, 2.75) is 26.7 Å². The molecule has 3 aromatic rings. The molecule has 0 fully saturated rings. The Hall–Kier alpha value is -2.80. The number of thiazole rings is 1. The molecule has 0 aliphatic heterocycles. The van der Waals surface area contributed by atoms with Crippen LogP contribution >= 0.6 is 11.3 Å². The second kappa shape index (κ2) is 7.21. The molecule has 0 bridgehead atoms. The summed E-state index contributed by atoms with van der Waals surface area (Å²) >= 11 is 1.38. The van der Waals surface area contributed by atoms with Gasteiger partial charge in [-0.05, 0) is 25.0 Å². The lowest BCUT2D eigenvalue weighted by Gasteiger charge is -2.08. The Morgan fingerprint density at radius 1 is 1.27 bits per heavy atom. The molecule has 134 valence electrons. The van der Waals surface area contributed by atoms with Crippen LogP contribution in [0.15, 0.2) is 36.7 Å². The Labute approximate surface area is 155 Å². The van der Waals surface area contributed by atoms with Crippen molar-refractivity contribution in [2.75, 3.05) is 5.32 Å². The van der Waals surface area contributed by atoms with Crippen LogP contribution in [-0.4, -0.2) is 26.2 Å². The quantitative estimate of drug-likeness (QED) is 0.695. The number of carbonyl (C=O) groups is 2. The van der Waals surface area contributed by atoms with Crippen molar-refractivity contribution in [3.05, 3.63) is 63.6 Å². The standard InChI is InChI=1S/C19H20N4O2S/c1-11(2)15-17(26-12(3)21-15)19(25)22-14-7-5-6-13(10-14)16(24)18-20-8-9-23(18)4/h5-11H,1-4H3,(H,22,25). The molecule has 3 rings (SSSR count). The van der Waals surface area contributed by atoms with Crippen molar-refractivity contribution < 1.29 is 9.59 Å². The minimum atomic E-state index is -0.208. The van der Waals surface area contributed by atoms with Gasteiger partial charge in [0.15, 0.2) is 5.82 Å². The smallest absolute Gasteiger partial charge is 0.267 e. The van der Waals surface area contributed by atoms with Crippen molar-refractivity contribution in [3.8, 4) is 0 Å². The van der Waals surface area contributed by atoms with Gasteiger partial charge in [0.05, 0.1) is 10.7 Å². The van der Waals surface area contributed by atoms with Crippen LogP contribution in [0.1, 0.15) is 56.3 Å². The number of hydrogen-bond donors (Lipinski definition) is 1. The molecule has 0 saturated heterocycles. The fourth-order valence-corrected chi connectivity index (χ4v) is 3.61. The molecule has 0 atom stereocenters. The van der Waals surface area contributed by atoms with Crippen LogP contribution < -0.4 is 5.32 Å². The third-order valence-corrected chi connectivity index (χ3v) is 4.91. The maximum atomic E-state index is 12.7. The first-order valence-electron chi connectivity index (χ1n) is 8.27. The zero-order valence-electron chi connectivity index (χ0n) is 15.1. The first kappa shape index (κ1) is 18.0. The second-order valence-electron chi connectivity index (χ2n) is 6.33. The first-order valence-corrected chi connectivity index (χ1v) is 9.09. The van der Waals surface area contributed by atoms with Gasteiger partial charge in [0.2, 0.25) is 5.78 Å². The molecule has 26 heavy (non-hydrogen) atoms. The molecule has 1 N–H and O–H groups in total. The fraction of sp³-hybridized carbons (Fsp3) is 0.263. The molecular weight excluding hydrogens is 348 g/mol. The summed E-state index contributed by atoms with van der Waals surface area (Å²) in [6, 6.07) is 6.88. The molecular formula is C19H20N4O2S. The summed E-state index contributed by atoms with van der Waals surface area (Å²) in [5, 5.41) is 3.73. The van der Waals surface area contributed by atoms with Gasteiger partial charge in [-0.15, -0.1) is 11.3 Å². The molecule has 0 aliphatic rings. The number of amides is 1. The normalized spacial score (nSPS) is 11.0. The third kappa shape index (κ3) is 3.57. The number of aryl methyl sites for hydroxylation is 2. The minimum Gasteiger partial charge on any atom is -0.331 e. The lowest BCUT2D eigenvalue weighted by atomic mass is 10.1. The number of carbonyl (C=O) groups excluding carboxylic acids is 2. The summed E-state index contributed by atoms with van der Waals surface area (Å²) in [7, 11) is 1.77. The summed E-state index contributed by atoms with van der Waals surface area (Å²) in [5.74, 6) is 0.122. The maximum absolute atomic E-state index is 12.7. The summed E-state index contributed by atoms with van der Waals surface area (Å²) in [6.45, 7) is 5.91. The van der Waals surface area contributed by atoms with Crippen molar-refractivity contribution in [1.82, 2.24) is 14.5 Å². The van der Waals surface area contributed by atoms with E-state index in [0.717, 1.165) is 10.7 Å². The van der Waals surface area contributed by atoms with E-state index in [-0.39, 0.29) is 17.6 Å². The number of benzene rings is 1. The highest BCUT2D eigenvalue weighted by atomic mass is 32.1. The second-order valence-corrected chi connectivity index (χ2v) is 7.53. The van der Waals surface area contributed by atoms with E-state index in [1.165, 1.54) is 11.3 Å². The van der Waals surface area contributed by atoms with Crippen LogP contribution in [0.2, 0.25) is 0 Å². The average molecular weight is 368 g/mol. The Balaban J connectivity index is 1.84. The predicted molar refractivity (Wildman–Crippen MR) is 102 cm³/mol. The summed E-state index contributed by atoms with van der Waals surface area (Å²) < 4.78 is 1.67. The number of ketones is 1.